The molecule has 0 aromatic carbocycles. The lowest BCUT2D eigenvalue weighted by atomic mass is 9.81. The van der Waals surface area contributed by atoms with Crippen LogP contribution in [0.15, 0.2) is 23.7 Å². The van der Waals surface area contributed by atoms with Gasteiger partial charge in [0.1, 0.15) is 0 Å². The van der Waals surface area contributed by atoms with Crippen molar-refractivity contribution < 1.29 is 8.85 Å². The van der Waals surface area contributed by atoms with Gasteiger partial charge in [-0.05, 0) is 97.8 Å². The Kier molecular flexibility index (Phi) is 8.01. The highest BCUT2D eigenvalue weighted by Crippen LogP contribution is 2.63. The van der Waals surface area contributed by atoms with E-state index in [-0.39, 0.29) is 10.1 Å². The lowest BCUT2D eigenvalue weighted by molar-refractivity contribution is 0.262. The van der Waals surface area contributed by atoms with Crippen molar-refractivity contribution in [1.29, 1.82) is 0 Å². The van der Waals surface area contributed by atoms with Crippen LogP contribution in [0.1, 0.15) is 92.9 Å². The zero-order valence-electron chi connectivity index (χ0n) is 26.6. The van der Waals surface area contributed by atoms with Crippen LogP contribution in [0.3, 0.4) is 0 Å². The molecule has 5 heteroatoms. The Morgan fingerprint density at radius 3 is 1.22 bits per heavy atom. The molecule has 0 amide bonds. The van der Waals surface area contributed by atoms with Gasteiger partial charge in [-0.3, -0.25) is 0 Å². The molecule has 0 saturated heterocycles. The maximum absolute atomic E-state index is 7.32. The standard InChI is InChI=1S/C32H60O2Si3/c1-31(2,3)36(9,10)33-27-21-23-17-13-15-19-25(23)29(27)35(7,8)30-26-20-16-14-18-24(26)22-28(30)34-37(11,12)32(4,5)6/h21-26,29-30H,13-20H2,1-12H3/t23?,24?,25?,26?,29-,30?/m0/s1. The molecule has 212 valence electrons. The van der Waals surface area contributed by atoms with E-state index in [0.29, 0.717) is 11.1 Å². The Balaban J connectivity index is 1.74. The van der Waals surface area contributed by atoms with Gasteiger partial charge in [0.05, 0.1) is 19.6 Å². The van der Waals surface area contributed by atoms with Crippen LogP contribution in [0.25, 0.3) is 0 Å². The van der Waals surface area contributed by atoms with Gasteiger partial charge in [-0.25, -0.2) is 0 Å². The third kappa shape index (κ3) is 5.53. The van der Waals surface area contributed by atoms with Crippen molar-refractivity contribution in [3.63, 3.8) is 0 Å². The van der Waals surface area contributed by atoms with E-state index >= 15 is 0 Å². The van der Waals surface area contributed by atoms with Crippen LogP contribution in [-0.4, -0.2) is 24.7 Å². The van der Waals surface area contributed by atoms with Gasteiger partial charge in [-0.15, -0.1) is 0 Å². The lowest BCUT2D eigenvalue weighted by Crippen LogP contribution is -2.49. The fraction of sp³-hybridized carbons (Fsp3) is 0.875. The van der Waals surface area contributed by atoms with Crippen LogP contribution in [0, 0.1) is 23.7 Å². The molecule has 2 nitrogen and oxygen atoms in total. The van der Waals surface area contributed by atoms with E-state index in [1.807, 2.05) is 0 Å². The van der Waals surface area contributed by atoms with Gasteiger partial charge in [0.2, 0.25) is 16.6 Å². The van der Waals surface area contributed by atoms with Crippen LogP contribution < -0.4 is 0 Å². The molecule has 0 aromatic rings. The number of fused-ring (bicyclic) bond motifs is 2. The minimum absolute atomic E-state index is 0.232. The molecule has 0 aromatic heterocycles. The molecule has 2 saturated carbocycles. The van der Waals surface area contributed by atoms with Gasteiger partial charge < -0.3 is 8.85 Å². The first kappa shape index (κ1) is 29.7. The Morgan fingerprint density at radius 2 is 0.892 bits per heavy atom. The third-order valence-electron chi connectivity index (χ3n) is 11.9. The number of hydrogen-bond acceptors (Lipinski definition) is 2. The Bertz CT molecular complexity index is 830. The van der Waals surface area contributed by atoms with E-state index in [1.165, 1.54) is 62.9 Å². The van der Waals surface area contributed by atoms with Crippen LogP contribution in [0.4, 0.5) is 0 Å². The van der Waals surface area contributed by atoms with Crippen LogP contribution in [-0.2, 0) is 8.85 Å². The summed E-state index contributed by atoms with van der Waals surface area (Å²) in [5.41, 5.74) is 1.29. The van der Waals surface area contributed by atoms with Crippen LogP contribution >= 0.6 is 0 Å². The van der Waals surface area contributed by atoms with Gasteiger partial charge in [0.25, 0.3) is 0 Å². The molecule has 0 bridgehead atoms. The van der Waals surface area contributed by atoms with E-state index < -0.39 is 24.7 Å². The van der Waals surface area contributed by atoms with Gasteiger partial charge in [0.15, 0.2) is 0 Å². The predicted octanol–water partition coefficient (Wildman–Crippen LogP) is 10.9. The summed E-state index contributed by atoms with van der Waals surface area (Å²) < 4.78 is 14.6. The SMILES string of the molecule is CC(C)(C)[Si](C)(C)OC1=CC2CCCCC2C1[Si](C)(C)[C@@H]1C(O[Si](C)(C)C(C)(C)C)=CC2CCCCC21. The number of rotatable bonds is 6. The van der Waals surface area contributed by atoms with Crippen LogP contribution in [0.5, 0.6) is 0 Å². The van der Waals surface area contributed by atoms with Crippen molar-refractivity contribution >= 4 is 24.7 Å². The molecular formula is C32H60O2Si3. The Morgan fingerprint density at radius 1 is 0.568 bits per heavy atom. The first-order valence-electron chi connectivity index (χ1n) is 15.7. The highest BCUT2D eigenvalue weighted by atomic mass is 28.4. The van der Waals surface area contributed by atoms with Crippen molar-refractivity contribution in [2.75, 3.05) is 0 Å². The molecule has 4 aliphatic carbocycles. The molecule has 4 rings (SSSR count). The molecule has 2 fully saturated rings. The van der Waals surface area contributed by atoms with Gasteiger partial charge in [-0.2, -0.15) is 0 Å². The molecule has 0 N–H and O–H groups in total. The topological polar surface area (TPSA) is 18.5 Å². The molecule has 5 unspecified atom stereocenters. The fourth-order valence-electron chi connectivity index (χ4n) is 7.79. The number of allylic oxidation sites excluding steroid dienone is 4. The van der Waals surface area contributed by atoms with E-state index in [1.54, 1.807) is 0 Å². The summed E-state index contributed by atoms with van der Waals surface area (Å²) in [7, 11) is -5.63. The van der Waals surface area contributed by atoms with Crippen molar-refractivity contribution in [2.24, 2.45) is 23.7 Å². The zero-order chi connectivity index (χ0) is 27.6. The van der Waals surface area contributed by atoms with Gasteiger partial charge in [0, 0.05) is 11.1 Å². The van der Waals surface area contributed by atoms with E-state index in [0.717, 1.165) is 23.7 Å². The zero-order valence-corrected chi connectivity index (χ0v) is 29.6. The fourth-order valence-corrected chi connectivity index (χ4v) is 15.4. The quantitative estimate of drug-likeness (QED) is 0.301. The predicted molar refractivity (Wildman–Crippen MR) is 169 cm³/mol. The second-order valence-electron chi connectivity index (χ2n) is 16.9. The minimum atomic E-state index is -1.89. The molecule has 0 aliphatic heterocycles. The van der Waals surface area contributed by atoms with Gasteiger partial charge >= 0.3 is 0 Å². The summed E-state index contributed by atoms with van der Waals surface area (Å²) in [6, 6.07) is 0. The Hall–Kier alpha value is -0.269. The molecule has 37 heavy (non-hydrogen) atoms. The summed E-state index contributed by atoms with van der Waals surface area (Å²) in [5.74, 6) is 5.95. The third-order valence-corrected chi connectivity index (χ3v) is 25.3. The van der Waals surface area contributed by atoms with Crippen molar-refractivity contribution in [2.45, 2.75) is 153 Å². The number of hydrogen-bond donors (Lipinski definition) is 0. The molecular weight excluding hydrogens is 501 g/mol. The smallest absolute Gasteiger partial charge is 0.250 e. The maximum atomic E-state index is 7.32. The summed E-state index contributed by atoms with van der Waals surface area (Å²) in [4.78, 5) is 0. The summed E-state index contributed by atoms with van der Waals surface area (Å²) in [6.07, 6.45) is 16.5. The average molecular weight is 561 g/mol. The minimum Gasteiger partial charge on any atom is -0.547 e. The van der Waals surface area contributed by atoms with Crippen LogP contribution in [0.2, 0.25) is 60.4 Å². The second kappa shape index (κ2) is 9.98. The van der Waals surface area contributed by atoms with Gasteiger partial charge in [-0.1, -0.05) is 80.3 Å². The Labute approximate surface area is 233 Å². The lowest BCUT2D eigenvalue weighted by Gasteiger charge is -2.49. The maximum Gasteiger partial charge on any atom is 0.250 e. The highest BCUT2D eigenvalue weighted by Gasteiger charge is 2.58. The first-order valence-corrected chi connectivity index (χ1v) is 24.7. The normalized spacial score (nSPS) is 33.4. The molecule has 6 atom stereocenters. The highest BCUT2D eigenvalue weighted by molar-refractivity contribution is 6.82. The monoisotopic (exact) mass is 560 g/mol. The summed E-state index contributed by atoms with van der Waals surface area (Å²) in [6.45, 7) is 29.7. The summed E-state index contributed by atoms with van der Waals surface area (Å²) >= 11 is 0. The first-order chi connectivity index (χ1) is 16.9. The molecule has 0 radical (unpaired) electrons. The van der Waals surface area contributed by atoms with Crippen molar-refractivity contribution in [3.8, 4) is 0 Å². The average Bonchev–Trinajstić information content (AvgIpc) is 3.29. The molecule has 0 heterocycles. The van der Waals surface area contributed by atoms with E-state index in [4.69, 9.17) is 8.85 Å². The largest absolute Gasteiger partial charge is 0.547 e. The second-order valence-corrected chi connectivity index (χ2v) is 31.2. The van der Waals surface area contributed by atoms with Crippen molar-refractivity contribution in [1.82, 2.24) is 0 Å². The van der Waals surface area contributed by atoms with Crippen molar-refractivity contribution in [3.05, 3.63) is 23.7 Å². The summed E-state index contributed by atoms with van der Waals surface area (Å²) in [5, 5.41) is 0.465. The van der Waals surface area contributed by atoms with E-state index in [2.05, 4.69) is 93.0 Å². The molecule has 4 aliphatic rings. The molecule has 0 spiro atoms. The van der Waals surface area contributed by atoms with E-state index in [9.17, 15) is 0 Å².